The molecule has 0 aromatic heterocycles. The van der Waals surface area contributed by atoms with Gasteiger partial charge in [-0.2, -0.15) is 0 Å². The van der Waals surface area contributed by atoms with Crippen molar-refractivity contribution in [3.05, 3.63) is 71.8 Å². The van der Waals surface area contributed by atoms with Gasteiger partial charge in [0.05, 0.1) is 12.1 Å². The van der Waals surface area contributed by atoms with E-state index in [1.54, 1.807) is 48.2 Å². The molecule has 0 bridgehead atoms. The highest BCUT2D eigenvalue weighted by molar-refractivity contribution is 5.97. The molecule has 76 heavy (non-hydrogen) atoms. The first kappa shape index (κ1) is 59.5. The smallest absolute Gasteiger partial charge is 0.247 e. The van der Waals surface area contributed by atoms with Gasteiger partial charge in [0.1, 0.15) is 36.3 Å². The maximum Gasteiger partial charge on any atom is 0.247 e. The minimum absolute atomic E-state index is 0.122. The number of amides is 7. The molecular formula is C57H85N9O10. The summed E-state index contributed by atoms with van der Waals surface area (Å²) in [6.07, 6.45) is 11.3. The van der Waals surface area contributed by atoms with Crippen molar-refractivity contribution in [3.63, 3.8) is 0 Å². The zero-order chi connectivity index (χ0) is 54.7. The van der Waals surface area contributed by atoms with Crippen molar-refractivity contribution in [2.24, 2.45) is 11.8 Å². The van der Waals surface area contributed by atoms with Gasteiger partial charge in [-0.15, -0.1) is 0 Å². The van der Waals surface area contributed by atoms with Gasteiger partial charge < -0.3 is 57.2 Å². The zero-order valence-corrected chi connectivity index (χ0v) is 45.1. The molecule has 4 saturated heterocycles. The van der Waals surface area contributed by atoms with Crippen LogP contribution in [0.4, 0.5) is 0 Å². The van der Waals surface area contributed by atoms with Crippen LogP contribution in [0.15, 0.2) is 60.7 Å². The summed E-state index contributed by atoms with van der Waals surface area (Å²) in [5, 5.41) is 41.1. The van der Waals surface area contributed by atoms with E-state index in [4.69, 9.17) is 0 Å². The lowest BCUT2D eigenvalue weighted by Gasteiger charge is -2.33. The second-order valence-corrected chi connectivity index (χ2v) is 21.2. The molecule has 12 atom stereocenters. The summed E-state index contributed by atoms with van der Waals surface area (Å²) in [5.41, 5.74) is 1.26. The van der Waals surface area contributed by atoms with Crippen molar-refractivity contribution in [3.8, 4) is 0 Å². The molecule has 4 aliphatic rings. The van der Waals surface area contributed by atoms with Crippen LogP contribution in [0.3, 0.4) is 0 Å². The predicted octanol–water partition coefficient (Wildman–Crippen LogP) is 3.00. The number of hydrogen-bond acceptors (Lipinski definition) is 12. The van der Waals surface area contributed by atoms with Gasteiger partial charge in [-0.05, 0) is 102 Å². The van der Waals surface area contributed by atoms with E-state index in [-0.39, 0.29) is 61.1 Å². The van der Waals surface area contributed by atoms with Crippen LogP contribution in [0.2, 0.25) is 0 Å². The van der Waals surface area contributed by atoms with Gasteiger partial charge in [0, 0.05) is 50.1 Å². The van der Waals surface area contributed by atoms with Crippen molar-refractivity contribution in [1.29, 1.82) is 0 Å². The zero-order valence-electron chi connectivity index (χ0n) is 45.1. The minimum Gasteiger partial charge on any atom is -0.396 e. The Balaban J connectivity index is 0.954. The highest BCUT2D eigenvalue weighted by atomic mass is 16.3. The molecule has 6 rings (SSSR count). The lowest BCUT2D eigenvalue weighted by atomic mass is 9.93. The molecule has 4 fully saturated rings. The lowest BCUT2D eigenvalue weighted by Crippen LogP contribution is -2.59. The molecule has 0 spiro atoms. The van der Waals surface area contributed by atoms with Crippen molar-refractivity contribution in [1.82, 2.24) is 47.0 Å². The summed E-state index contributed by atoms with van der Waals surface area (Å²) in [6.45, 7) is 3.56. The van der Waals surface area contributed by atoms with Crippen LogP contribution in [0, 0.1) is 11.8 Å². The van der Waals surface area contributed by atoms with E-state index in [2.05, 4.69) is 37.2 Å². The van der Waals surface area contributed by atoms with Gasteiger partial charge in [-0.3, -0.25) is 38.4 Å². The third-order valence-corrected chi connectivity index (χ3v) is 16.4. The van der Waals surface area contributed by atoms with E-state index >= 15 is 0 Å². The van der Waals surface area contributed by atoms with Crippen LogP contribution >= 0.6 is 0 Å². The third-order valence-electron chi connectivity index (χ3n) is 16.4. The predicted molar refractivity (Wildman–Crippen MR) is 287 cm³/mol. The van der Waals surface area contributed by atoms with Gasteiger partial charge in [0.2, 0.25) is 41.4 Å². The van der Waals surface area contributed by atoms with E-state index in [1.807, 2.05) is 50.2 Å². The fraction of sp³-hybridized carbons (Fsp3) is 0.649. The molecule has 0 saturated carbocycles. The highest BCUT2D eigenvalue weighted by Crippen LogP contribution is 2.36. The number of fused-ring (bicyclic) bond motifs is 2. The molecular weight excluding hydrogens is 971 g/mol. The van der Waals surface area contributed by atoms with Crippen LogP contribution in [0.5, 0.6) is 0 Å². The topological polar surface area (TPSA) is 268 Å². The number of nitrogens with zero attached hydrogens (tertiary/aromatic N) is 2. The average Bonchev–Trinajstić information content (AvgIpc) is 4.02. The summed E-state index contributed by atoms with van der Waals surface area (Å²) in [4.78, 5) is 114. The fourth-order valence-corrected chi connectivity index (χ4v) is 11.9. The number of aliphatic hydroxyl groups excluding tert-OH is 2. The Morgan fingerprint density at radius 1 is 0.539 bits per heavy atom. The van der Waals surface area contributed by atoms with Crippen LogP contribution < -0.4 is 37.2 Å². The first-order valence-electron chi connectivity index (χ1n) is 28.1. The summed E-state index contributed by atoms with van der Waals surface area (Å²) < 4.78 is 0. The van der Waals surface area contributed by atoms with Gasteiger partial charge >= 0.3 is 0 Å². The largest absolute Gasteiger partial charge is 0.396 e. The average molecular weight is 1060 g/mol. The molecule has 0 aliphatic carbocycles. The van der Waals surface area contributed by atoms with Crippen LogP contribution in [-0.4, -0.2) is 149 Å². The monoisotopic (exact) mass is 1060 g/mol. The highest BCUT2D eigenvalue weighted by Gasteiger charge is 2.50. The number of nitrogens with one attached hydrogen (secondary N) is 7. The number of carbonyl (C=O) groups excluding carboxylic acids is 8. The lowest BCUT2D eigenvalue weighted by molar-refractivity contribution is -0.144. The first-order chi connectivity index (χ1) is 36.8. The van der Waals surface area contributed by atoms with Crippen LogP contribution in [0.1, 0.15) is 153 Å². The first-order valence-corrected chi connectivity index (χ1v) is 28.1. The fourth-order valence-electron chi connectivity index (χ4n) is 11.9. The van der Waals surface area contributed by atoms with E-state index < -0.39 is 77.9 Å². The molecule has 418 valence electrons. The van der Waals surface area contributed by atoms with Gasteiger partial charge in [0.15, 0.2) is 5.78 Å². The van der Waals surface area contributed by atoms with Gasteiger partial charge in [-0.1, -0.05) is 107 Å². The number of ketones is 1. The molecule has 0 radical (unpaired) electrons. The summed E-state index contributed by atoms with van der Waals surface area (Å²) in [5.74, 6) is -3.79. The maximum absolute atomic E-state index is 14.2. The second kappa shape index (κ2) is 29.7. The molecule has 4 aliphatic heterocycles. The van der Waals surface area contributed by atoms with Crippen molar-refractivity contribution < 1.29 is 48.6 Å². The molecule has 7 amide bonds. The Hall–Kier alpha value is -5.76. The SMILES string of the molecule is CC[C@H](NC)C(=O)N[C@@H]1C(=O)N2[C@@H](CC[C@@H]1CO)CC[C@H]2C(=O)N[C@H](C(=O)CCCCCCCCCNC(=O)[C@@H](NC(=O)[C@@H]1CC[C@@H]2CC[C@H](CO)[C@H](NC(=O)[C@H](CC)NC)C(=O)N21)c1ccccc1)c1ccccc1. The van der Waals surface area contributed by atoms with Crippen molar-refractivity contribution in [2.75, 3.05) is 33.9 Å². The Morgan fingerprint density at radius 3 is 1.38 bits per heavy atom. The number of hydrogen-bond donors (Lipinski definition) is 9. The van der Waals surface area contributed by atoms with E-state index in [0.29, 0.717) is 94.7 Å². The van der Waals surface area contributed by atoms with Crippen molar-refractivity contribution in [2.45, 2.75) is 190 Å². The van der Waals surface area contributed by atoms with Crippen LogP contribution in [-0.2, 0) is 38.4 Å². The number of likely N-dealkylation sites (N-methyl/N-ethyl adjacent to an activating group) is 2. The Kier molecular flexibility index (Phi) is 23.2. The molecule has 19 nitrogen and oxygen atoms in total. The Labute approximate surface area is 448 Å². The molecule has 19 heteroatoms. The summed E-state index contributed by atoms with van der Waals surface area (Å²) in [6, 6.07) is 11.1. The Morgan fingerprint density at radius 2 is 0.947 bits per heavy atom. The third kappa shape index (κ3) is 15.0. The molecule has 4 heterocycles. The van der Waals surface area contributed by atoms with Crippen LogP contribution in [0.25, 0.3) is 0 Å². The molecule has 2 aromatic carbocycles. The van der Waals surface area contributed by atoms with E-state index in [1.165, 1.54) is 0 Å². The normalized spacial score (nSPS) is 24.9. The minimum atomic E-state index is -1.00. The quantitative estimate of drug-likeness (QED) is 0.0558. The summed E-state index contributed by atoms with van der Waals surface area (Å²) in [7, 11) is 3.35. The molecule has 2 aromatic rings. The number of aliphatic hydroxyl groups is 2. The second-order valence-electron chi connectivity index (χ2n) is 21.2. The summed E-state index contributed by atoms with van der Waals surface area (Å²) >= 11 is 0. The standard InChI is InChI=1S/C57H85N9O10/c1-5-42(58-3)51(70)63-49-38(34-67)25-27-40-29-31-44(65(40)56(49)75)53(72)61-47(36-20-14-12-15-21-36)46(69)24-18-10-8-7-9-11-19-33-60-55(74)48(37-22-16-13-17-23-37)62-54(73)45-32-30-41-28-26-39(35-68)50(57(76)66(41)45)64-52(71)43(6-2)59-4/h12-17,20-23,38-45,47-50,58-59,67-68H,5-11,18-19,24-35H2,1-4H3,(H,60,74)(H,61,72)(H,62,73)(H,63,70)(H,64,71)/t38-,39-,40+,41+,42+,43+,44+,45+,47+,48+,49+,50+/m1/s1. The van der Waals surface area contributed by atoms with Gasteiger partial charge in [-0.25, -0.2) is 0 Å². The number of Topliss-reactive ketones (excluding diaryl/α,β-unsaturated/α-hetero) is 1. The van der Waals surface area contributed by atoms with E-state index in [9.17, 15) is 48.6 Å². The number of carbonyl (C=O) groups is 8. The van der Waals surface area contributed by atoms with E-state index in [0.717, 1.165) is 32.1 Å². The number of unbranched alkanes of at least 4 members (excludes halogenated alkanes) is 6. The Bertz CT molecular complexity index is 2090. The number of benzene rings is 2. The number of rotatable bonds is 28. The molecule has 0 unspecified atom stereocenters. The van der Waals surface area contributed by atoms with Crippen molar-refractivity contribution >= 4 is 47.1 Å². The van der Waals surface area contributed by atoms with Gasteiger partial charge in [0.25, 0.3) is 0 Å². The maximum atomic E-state index is 14.2. The molecule has 9 N–H and O–H groups in total.